The first kappa shape index (κ1) is 17.5. The van der Waals surface area contributed by atoms with Crippen LogP contribution >= 0.6 is 11.8 Å². The Morgan fingerprint density at radius 2 is 1.91 bits per heavy atom. The maximum absolute atomic E-state index is 12.5. The highest BCUT2D eigenvalue weighted by atomic mass is 32.2. The summed E-state index contributed by atoms with van der Waals surface area (Å²) in [6, 6.07) is 6.16. The highest BCUT2D eigenvalue weighted by molar-refractivity contribution is 7.99. The van der Waals surface area contributed by atoms with Gasteiger partial charge in [-0.15, -0.1) is 0 Å². The van der Waals surface area contributed by atoms with E-state index in [0.717, 1.165) is 24.3 Å². The topological polar surface area (TPSA) is 37.4 Å². The van der Waals surface area contributed by atoms with Gasteiger partial charge in [-0.1, -0.05) is 6.92 Å². The van der Waals surface area contributed by atoms with Crippen molar-refractivity contribution in [2.75, 3.05) is 17.7 Å². The number of halogens is 2. The number of benzene rings is 1. The number of anilines is 1. The Bertz CT molecular complexity index is 590. The van der Waals surface area contributed by atoms with E-state index in [1.54, 1.807) is 12.1 Å². The molecule has 1 aliphatic carbocycles. The molecule has 1 saturated carbocycles. The van der Waals surface area contributed by atoms with E-state index >= 15 is 0 Å². The molecule has 2 unspecified atom stereocenters. The lowest BCUT2D eigenvalue weighted by molar-refractivity contribution is 0.234. The van der Waals surface area contributed by atoms with Crippen LogP contribution in [0.5, 0.6) is 0 Å². The first-order valence-electron chi connectivity index (χ1n) is 7.32. The molecule has 0 spiro atoms. The zero-order chi connectivity index (χ0) is 16.3. The fourth-order valence-corrected chi connectivity index (χ4v) is 4.69. The fourth-order valence-electron chi connectivity index (χ4n) is 2.84. The van der Waals surface area contributed by atoms with Gasteiger partial charge >= 0.3 is 5.76 Å². The van der Waals surface area contributed by atoms with Gasteiger partial charge in [0.1, 0.15) is 0 Å². The minimum atomic E-state index is -4.51. The zero-order valence-corrected chi connectivity index (χ0v) is 14.3. The number of hydrogen-bond acceptors (Lipinski definition) is 4. The molecule has 0 saturated heterocycles. The summed E-state index contributed by atoms with van der Waals surface area (Å²) < 4.78 is 47.9. The fraction of sp³-hybridized carbons (Fsp3) is 0.600. The van der Waals surface area contributed by atoms with Crippen LogP contribution in [0.25, 0.3) is 0 Å². The highest BCUT2D eigenvalue weighted by Crippen LogP contribution is 2.34. The molecule has 1 aliphatic rings. The summed E-state index contributed by atoms with van der Waals surface area (Å²) >= 11 is 1.97. The largest absolute Gasteiger partial charge is 0.372 e. The van der Waals surface area contributed by atoms with Crippen LogP contribution in [0.15, 0.2) is 29.2 Å². The average molecular weight is 349 g/mol. The molecule has 3 nitrogen and oxygen atoms in total. The Morgan fingerprint density at radius 3 is 2.45 bits per heavy atom. The second-order valence-corrected chi connectivity index (χ2v) is 8.95. The normalized spacial score (nSPS) is 22.2. The molecule has 1 aromatic rings. The summed E-state index contributed by atoms with van der Waals surface area (Å²) in [5.41, 5.74) is 0.861. The standard InChI is InChI=1S/C15H21F2NO2S2/c1-3-21-13-7-4-12(10-13)18(2)11-5-8-14(9-6-11)22(19,20)15(16)17/h5-6,8-9,12-13,15H,3-4,7,10H2,1-2H3. The number of thioether (sulfide) groups is 1. The average Bonchev–Trinajstić information content (AvgIpc) is 2.95. The predicted molar refractivity (Wildman–Crippen MR) is 87.6 cm³/mol. The molecule has 0 aliphatic heterocycles. The monoisotopic (exact) mass is 349 g/mol. The Labute approximate surface area is 135 Å². The smallest absolute Gasteiger partial charge is 0.341 e. The SMILES string of the molecule is CCSC1CCC(N(C)c2ccc(S(=O)(=O)C(F)F)cc2)C1. The van der Waals surface area contributed by atoms with Crippen molar-refractivity contribution in [2.24, 2.45) is 0 Å². The minimum absolute atomic E-state index is 0.328. The Kier molecular flexibility index (Phi) is 5.71. The third-order valence-corrected chi connectivity index (χ3v) is 6.75. The lowest BCUT2D eigenvalue weighted by atomic mass is 10.2. The van der Waals surface area contributed by atoms with Crippen LogP contribution in [0.2, 0.25) is 0 Å². The molecule has 1 fully saturated rings. The van der Waals surface area contributed by atoms with Crippen LogP contribution < -0.4 is 4.90 Å². The third-order valence-electron chi connectivity index (χ3n) is 4.11. The van der Waals surface area contributed by atoms with Gasteiger partial charge in [-0.3, -0.25) is 0 Å². The van der Waals surface area contributed by atoms with Gasteiger partial charge in [0.15, 0.2) is 0 Å². The summed E-state index contributed by atoms with van der Waals surface area (Å²) in [5.74, 6) is -2.26. The zero-order valence-electron chi connectivity index (χ0n) is 12.7. The van der Waals surface area contributed by atoms with E-state index in [1.807, 2.05) is 18.8 Å². The highest BCUT2D eigenvalue weighted by Gasteiger charge is 2.29. The van der Waals surface area contributed by atoms with Crippen molar-refractivity contribution in [3.05, 3.63) is 24.3 Å². The molecular weight excluding hydrogens is 328 g/mol. The lowest BCUT2D eigenvalue weighted by Gasteiger charge is -2.27. The third kappa shape index (κ3) is 3.74. The summed E-state index contributed by atoms with van der Waals surface area (Å²) in [7, 11) is -2.54. The van der Waals surface area contributed by atoms with Crippen LogP contribution in [0, 0.1) is 0 Å². The first-order valence-corrected chi connectivity index (χ1v) is 9.92. The maximum atomic E-state index is 12.5. The second-order valence-electron chi connectivity index (χ2n) is 5.45. The quantitative estimate of drug-likeness (QED) is 0.783. The molecule has 0 aromatic heterocycles. The minimum Gasteiger partial charge on any atom is -0.372 e. The predicted octanol–water partition coefficient (Wildman–Crippen LogP) is 3.79. The van der Waals surface area contributed by atoms with Crippen LogP contribution in [-0.4, -0.2) is 38.3 Å². The van der Waals surface area contributed by atoms with Crippen molar-refractivity contribution < 1.29 is 17.2 Å². The summed E-state index contributed by atoms with van der Waals surface area (Å²) in [6.07, 6.45) is 3.39. The van der Waals surface area contributed by atoms with Crippen LogP contribution in [0.3, 0.4) is 0 Å². The van der Waals surface area contributed by atoms with Crippen molar-refractivity contribution in [1.29, 1.82) is 0 Å². The van der Waals surface area contributed by atoms with Gasteiger partial charge in [-0.05, 0) is 49.3 Å². The Morgan fingerprint density at radius 1 is 1.27 bits per heavy atom. The van der Waals surface area contributed by atoms with Gasteiger partial charge in [0, 0.05) is 24.0 Å². The first-order chi connectivity index (χ1) is 10.4. The summed E-state index contributed by atoms with van der Waals surface area (Å²) in [4.78, 5) is 1.79. The van der Waals surface area contributed by atoms with Crippen LogP contribution in [0.4, 0.5) is 14.5 Å². The van der Waals surface area contributed by atoms with Crippen LogP contribution in [-0.2, 0) is 9.84 Å². The number of hydrogen-bond donors (Lipinski definition) is 0. The molecule has 0 heterocycles. The molecule has 2 rings (SSSR count). The second kappa shape index (κ2) is 7.17. The van der Waals surface area contributed by atoms with Crippen molar-refractivity contribution in [2.45, 2.75) is 48.1 Å². The molecule has 0 radical (unpaired) electrons. The molecule has 0 N–H and O–H groups in total. The lowest BCUT2D eigenvalue weighted by Crippen LogP contribution is -2.29. The molecule has 0 amide bonds. The van der Waals surface area contributed by atoms with E-state index in [0.29, 0.717) is 11.3 Å². The van der Waals surface area contributed by atoms with Gasteiger partial charge in [-0.2, -0.15) is 20.5 Å². The molecule has 2 atom stereocenters. The maximum Gasteiger partial charge on any atom is 0.341 e. The van der Waals surface area contributed by atoms with Gasteiger partial charge < -0.3 is 4.90 Å². The molecule has 7 heteroatoms. The molecule has 22 heavy (non-hydrogen) atoms. The number of rotatable bonds is 6. The summed E-state index contributed by atoms with van der Waals surface area (Å²) in [6.45, 7) is 2.16. The van der Waals surface area contributed by atoms with Crippen LogP contribution in [0.1, 0.15) is 26.2 Å². The number of sulfone groups is 1. The Balaban J connectivity index is 2.08. The Hall–Kier alpha value is -0.820. The van der Waals surface area contributed by atoms with Gasteiger partial charge in [-0.25, -0.2) is 8.42 Å². The molecule has 0 bridgehead atoms. The van der Waals surface area contributed by atoms with E-state index in [9.17, 15) is 17.2 Å². The van der Waals surface area contributed by atoms with Crippen molar-refractivity contribution in [3.8, 4) is 0 Å². The van der Waals surface area contributed by atoms with Crippen molar-refractivity contribution >= 4 is 27.3 Å². The van der Waals surface area contributed by atoms with E-state index in [-0.39, 0.29) is 4.90 Å². The van der Waals surface area contributed by atoms with E-state index in [1.165, 1.54) is 18.6 Å². The molecule has 124 valence electrons. The van der Waals surface area contributed by atoms with E-state index in [2.05, 4.69) is 11.8 Å². The molecular formula is C15H21F2NO2S2. The van der Waals surface area contributed by atoms with E-state index < -0.39 is 15.6 Å². The van der Waals surface area contributed by atoms with Crippen molar-refractivity contribution in [3.63, 3.8) is 0 Å². The van der Waals surface area contributed by atoms with Gasteiger partial charge in [0.2, 0.25) is 9.84 Å². The van der Waals surface area contributed by atoms with Gasteiger partial charge in [0.25, 0.3) is 0 Å². The number of nitrogens with zero attached hydrogens (tertiary/aromatic N) is 1. The number of alkyl halides is 2. The van der Waals surface area contributed by atoms with Gasteiger partial charge in [0.05, 0.1) is 4.90 Å². The van der Waals surface area contributed by atoms with E-state index in [4.69, 9.17) is 0 Å². The molecule has 1 aromatic carbocycles. The summed E-state index contributed by atoms with van der Waals surface area (Å²) in [5, 5.41) is 0.677. The van der Waals surface area contributed by atoms with Crippen molar-refractivity contribution in [1.82, 2.24) is 0 Å².